The average Bonchev–Trinajstić information content (AvgIpc) is 3.12. The Morgan fingerprint density at radius 3 is 2.33 bits per heavy atom. The molecular formula is C26H23FN2O4. The van der Waals surface area contributed by atoms with Crippen LogP contribution >= 0.6 is 0 Å². The zero-order valence-corrected chi connectivity index (χ0v) is 18.1. The summed E-state index contributed by atoms with van der Waals surface area (Å²) in [5.41, 5.74) is 2.17. The number of ether oxygens (including phenoxy) is 1. The highest BCUT2D eigenvalue weighted by Gasteiger charge is 2.44. The Balaban J connectivity index is 1.58. The lowest BCUT2D eigenvalue weighted by Gasteiger charge is -2.28. The van der Waals surface area contributed by atoms with E-state index in [4.69, 9.17) is 4.74 Å². The van der Waals surface area contributed by atoms with E-state index in [0.29, 0.717) is 5.75 Å². The van der Waals surface area contributed by atoms with Gasteiger partial charge in [0.2, 0.25) is 5.91 Å². The van der Waals surface area contributed by atoms with Crippen LogP contribution in [0.15, 0.2) is 78.9 Å². The quantitative estimate of drug-likeness (QED) is 0.517. The summed E-state index contributed by atoms with van der Waals surface area (Å²) in [5.74, 6) is -1.31. The summed E-state index contributed by atoms with van der Waals surface area (Å²) in [4.78, 5) is 41.6. The molecule has 3 aromatic rings. The van der Waals surface area contributed by atoms with E-state index >= 15 is 0 Å². The molecule has 168 valence electrons. The molecule has 0 saturated carbocycles. The van der Waals surface area contributed by atoms with Crippen LogP contribution in [0, 0.1) is 12.7 Å². The van der Waals surface area contributed by atoms with Crippen molar-refractivity contribution in [1.29, 1.82) is 0 Å². The molecule has 33 heavy (non-hydrogen) atoms. The highest BCUT2D eigenvalue weighted by Crippen LogP contribution is 2.27. The summed E-state index contributed by atoms with van der Waals surface area (Å²) < 4.78 is 18.9. The molecule has 0 spiro atoms. The van der Waals surface area contributed by atoms with Gasteiger partial charge in [0.1, 0.15) is 17.6 Å². The van der Waals surface area contributed by atoms with E-state index in [1.54, 1.807) is 24.3 Å². The Kier molecular flexibility index (Phi) is 6.49. The van der Waals surface area contributed by atoms with E-state index in [1.165, 1.54) is 29.2 Å². The number of para-hydroxylation sites is 1. The molecule has 1 saturated heterocycles. The maximum Gasteiger partial charge on any atom is 0.261 e. The zero-order valence-electron chi connectivity index (χ0n) is 18.1. The largest absolute Gasteiger partial charge is 0.484 e. The van der Waals surface area contributed by atoms with Gasteiger partial charge in [-0.3, -0.25) is 14.4 Å². The molecule has 4 rings (SSSR count). The molecule has 1 fully saturated rings. The highest BCUT2D eigenvalue weighted by molar-refractivity contribution is 6.23. The number of benzene rings is 3. The fourth-order valence-corrected chi connectivity index (χ4v) is 3.73. The van der Waals surface area contributed by atoms with Crippen molar-refractivity contribution in [2.24, 2.45) is 0 Å². The molecule has 0 radical (unpaired) electrons. The highest BCUT2D eigenvalue weighted by atomic mass is 19.1. The van der Waals surface area contributed by atoms with Gasteiger partial charge in [-0.05, 0) is 48.9 Å². The van der Waals surface area contributed by atoms with Crippen molar-refractivity contribution in [3.05, 3.63) is 95.8 Å². The summed E-state index contributed by atoms with van der Waals surface area (Å²) in [6, 6.07) is 20.6. The number of anilines is 1. The van der Waals surface area contributed by atoms with E-state index in [9.17, 15) is 18.8 Å². The third kappa shape index (κ3) is 5.09. The van der Waals surface area contributed by atoms with Crippen LogP contribution in [0.5, 0.6) is 5.75 Å². The Labute approximate surface area is 191 Å². The fourth-order valence-electron chi connectivity index (χ4n) is 3.73. The van der Waals surface area contributed by atoms with Crippen molar-refractivity contribution in [1.82, 2.24) is 4.90 Å². The number of imide groups is 1. The first-order valence-electron chi connectivity index (χ1n) is 10.6. The van der Waals surface area contributed by atoms with Gasteiger partial charge in [-0.25, -0.2) is 9.29 Å². The Hall–Kier alpha value is -4.00. The SMILES string of the molecule is Cc1ccc(CN(C(=O)COc2ccccc2)C2CC(=O)N(c3ccc(F)cc3)C2=O)cc1. The lowest BCUT2D eigenvalue weighted by molar-refractivity contribution is -0.140. The van der Waals surface area contributed by atoms with E-state index in [0.717, 1.165) is 16.0 Å². The number of hydrogen-bond acceptors (Lipinski definition) is 4. The van der Waals surface area contributed by atoms with Gasteiger partial charge in [0.15, 0.2) is 6.61 Å². The van der Waals surface area contributed by atoms with Crippen LogP contribution in [-0.2, 0) is 20.9 Å². The predicted molar refractivity (Wildman–Crippen MR) is 121 cm³/mol. The maximum atomic E-state index is 13.3. The van der Waals surface area contributed by atoms with Gasteiger partial charge in [0.05, 0.1) is 12.1 Å². The number of carbonyl (C=O) groups is 3. The number of aryl methyl sites for hydroxylation is 1. The Morgan fingerprint density at radius 2 is 1.67 bits per heavy atom. The van der Waals surface area contributed by atoms with Gasteiger partial charge in [0.25, 0.3) is 11.8 Å². The van der Waals surface area contributed by atoms with E-state index < -0.39 is 29.6 Å². The summed E-state index contributed by atoms with van der Waals surface area (Å²) in [7, 11) is 0. The lowest BCUT2D eigenvalue weighted by Crippen LogP contribution is -2.46. The van der Waals surface area contributed by atoms with Crippen molar-refractivity contribution < 1.29 is 23.5 Å². The average molecular weight is 446 g/mol. The van der Waals surface area contributed by atoms with Crippen molar-refractivity contribution >= 4 is 23.4 Å². The summed E-state index contributed by atoms with van der Waals surface area (Å²) in [5, 5.41) is 0. The first kappa shape index (κ1) is 22.2. The number of rotatable bonds is 7. The molecule has 7 heteroatoms. The fraction of sp³-hybridized carbons (Fsp3) is 0.192. The number of halogens is 1. The standard InChI is InChI=1S/C26H23FN2O4/c1-18-7-9-19(10-8-18)16-28(25(31)17-33-22-5-3-2-4-6-22)23-15-24(30)29(26(23)32)21-13-11-20(27)12-14-21/h2-14,23H,15-17H2,1H3. The van der Waals surface area contributed by atoms with Crippen LogP contribution in [0.1, 0.15) is 17.5 Å². The predicted octanol–water partition coefficient (Wildman–Crippen LogP) is 3.87. The third-order valence-electron chi connectivity index (χ3n) is 5.48. The molecule has 3 aromatic carbocycles. The molecule has 6 nitrogen and oxygen atoms in total. The van der Waals surface area contributed by atoms with Gasteiger partial charge in [-0.2, -0.15) is 0 Å². The Bertz CT molecular complexity index is 1150. The first-order valence-corrected chi connectivity index (χ1v) is 10.6. The maximum absolute atomic E-state index is 13.3. The number of nitrogens with zero attached hydrogens (tertiary/aromatic N) is 2. The van der Waals surface area contributed by atoms with Crippen LogP contribution in [-0.4, -0.2) is 35.3 Å². The molecular weight excluding hydrogens is 423 g/mol. The monoisotopic (exact) mass is 446 g/mol. The minimum absolute atomic E-state index is 0.151. The van der Waals surface area contributed by atoms with Gasteiger partial charge in [0, 0.05) is 6.54 Å². The number of hydrogen-bond donors (Lipinski definition) is 0. The van der Waals surface area contributed by atoms with Crippen LogP contribution in [0.25, 0.3) is 0 Å². The van der Waals surface area contributed by atoms with Gasteiger partial charge in [-0.1, -0.05) is 48.0 Å². The zero-order chi connectivity index (χ0) is 23.4. The second kappa shape index (κ2) is 9.65. The summed E-state index contributed by atoms with van der Waals surface area (Å²) in [6.45, 7) is 1.84. The molecule has 1 aliphatic rings. The van der Waals surface area contributed by atoms with E-state index in [-0.39, 0.29) is 25.3 Å². The molecule has 0 N–H and O–H groups in total. The van der Waals surface area contributed by atoms with Crippen molar-refractivity contribution in [3.8, 4) is 5.75 Å². The minimum atomic E-state index is -0.976. The number of amides is 3. The van der Waals surface area contributed by atoms with Crippen LogP contribution in [0.2, 0.25) is 0 Å². The molecule has 0 aromatic heterocycles. The topological polar surface area (TPSA) is 66.9 Å². The van der Waals surface area contributed by atoms with E-state index in [1.807, 2.05) is 37.3 Å². The molecule has 1 atom stereocenters. The van der Waals surface area contributed by atoms with Gasteiger partial charge < -0.3 is 9.64 Å². The molecule has 1 heterocycles. The second-order valence-electron chi connectivity index (χ2n) is 7.87. The smallest absolute Gasteiger partial charge is 0.261 e. The van der Waals surface area contributed by atoms with Crippen molar-refractivity contribution in [2.75, 3.05) is 11.5 Å². The molecule has 1 unspecified atom stereocenters. The van der Waals surface area contributed by atoms with E-state index in [2.05, 4.69) is 0 Å². The molecule has 1 aliphatic heterocycles. The van der Waals surface area contributed by atoms with Gasteiger partial charge >= 0.3 is 0 Å². The Morgan fingerprint density at radius 1 is 1.00 bits per heavy atom. The van der Waals surface area contributed by atoms with Gasteiger partial charge in [-0.15, -0.1) is 0 Å². The lowest BCUT2D eigenvalue weighted by atomic mass is 10.1. The van der Waals surface area contributed by atoms with Crippen molar-refractivity contribution in [2.45, 2.75) is 25.9 Å². The summed E-state index contributed by atoms with van der Waals surface area (Å²) in [6.07, 6.45) is -0.154. The minimum Gasteiger partial charge on any atom is -0.484 e. The normalized spacial score (nSPS) is 15.6. The van der Waals surface area contributed by atoms with Crippen LogP contribution in [0.4, 0.5) is 10.1 Å². The molecule has 0 aliphatic carbocycles. The second-order valence-corrected chi connectivity index (χ2v) is 7.87. The number of carbonyl (C=O) groups excluding carboxylic acids is 3. The van der Waals surface area contributed by atoms with Crippen LogP contribution < -0.4 is 9.64 Å². The third-order valence-corrected chi connectivity index (χ3v) is 5.48. The van der Waals surface area contributed by atoms with Crippen LogP contribution in [0.3, 0.4) is 0 Å². The first-order chi connectivity index (χ1) is 15.9. The summed E-state index contributed by atoms with van der Waals surface area (Å²) >= 11 is 0. The molecule has 0 bridgehead atoms. The molecule has 3 amide bonds. The van der Waals surface area contributed by atoms with Crippen molar-refractivity contribution in [3.63, 3.8) is 0 Å².